The maximum atomic E-state index is 13.2. The summed E-state index contributed by atoms with van der Waals surface area (Å²) >= 11 is 0. The Morgan fingerprint density at radius 3 is 2.29 bits per heavy atom. The van der Waals surface area contributed by atoms with Crippen molar-refractivity contribution in [2.45, 2.75) is 0 Å². The number of nitro groups is 1. The quantitative estimate of drug-likeness (QED) is 0.530. The molecule has 0 saturated carbocycles. The Balaban J connectivity index is 2.53. The summed E-state index contributed by atoms with van der Waals surface area (Å²) in [6.45, 7) is 0. The molecule has 0 bridgehead atoms. The van der Waals surface area contributed by atoms with Crippen molar-refractivity contribution >= 4 is 17.4 Å². The first-order chi connectivity index (χ1) is 9.91. The molecule has 0 saturated heterocycles. The lowest BCUT2D eigenvalue weighted by Crippen LogP contribution is -2.10. The van der Waals surface area contributed by atoms with E-state index in [2.05, 4.69) is 0 Å². The van der Waals surface area contributed by atoms with E-state index >= 15 is 0 Å². The molecule has 0 aliphatic heterocycles. The van der Waals surface area contributed by atoms with E-state index in [0.717, 1.165) is 18.2 Å². The number of carbonyl (C=O) groups excluding carboxylic acids is 1. The number of nitro benzene ring substituents is 1. The van der Waals surface area contributed by atoms with Crippen LogP contribution in [0.15, 0.2) is 42.5 Å². The Labute approximate surface area is 117 Å². The van der Waals surface area contributed by atoms with Crippen LogP contribution in [-0.2, 0) is 0 Å². The molecule has 0 fully saturated rings. The SMILES string of the molecule is O=C(O)c1ccccc1C(=O)c1ccc(F)c([N+](=O)[O-])c1. The van der Waals surface area contributed by atoms with Gasteiger partial charge in [0.2, 0.25) is 5.82 Å². The van der Waals surface area contributed by atoms with Crippen molar-refractivity contribution in [1.29, 1.82) is 0 Å². The second-order valence-corrected chi connectivity index (χ2v) is 4.10. The summed E-state index contributed by atoms with van der Waals surface area (Å²) in [5.41, 5.74) is -1.34. The highest BCUT2D eigenvalue weighted by Crippen LogP contribution is 2.22. The Bertz CT molecular complexity index is 757. The van der Waals surface area contributed by atoms with Gasteiger partial charge >= 0.3 is 11.7 Å². The first-order valence-electron chi connectivity index (χ1n) is 5.72. The van der Waals surface area contributed by atoms with E-state index in [4.69, 9.17) is 5.11 Å². The van der Waals surface area contributed by atoms with Crippen molar-refractivity contribution in [3.05, 3.63) is 75.1 Å². The van der Waals surface area contributed by atoms with Crippen LogP contribution in [0.1, 0.15) is 26.3 Å². The van der Waals surface area contributed by atoms with Crippen LogP contribution in [0.4, 0.5) is 10.1 Å². The average Bonchev–Trinajstić information content (AvgIpc) is 2.46. The Kier molecular flexibility index (Phi) is 3.75. The number of carboxylic acids is 1. The number of aromatic carboxylic acids is 1. The molecule has 7 heteroatoms. The highest BCUT2D eigenvalue weighted by atomic mass is 19.1. The summed E-state index contributed by atoms with van der Waals surface area (Å²) in [6, 6.07) is 8.12. The number of carbonyl (C=O) groups is 2. The van der Waals surface area contributed by atoms with Gasteiger partial charge in [0.15, 0.2) is 5.78 Å². The largest absolute Gasteiger partial charge is 0.478 e. The van der Waals surface area contributed by atoms with Crippen LogP contribution >= 0.6 is 0 Å². The average molecular weight is 289 g/mol. The number of hydrogen-bond acceptors (Lipinski definition) is 4. The molecular weight excluding hydrogens is 281 g/mol. The molecule has 2 rings (SSSR count). The van der Waals surface area contributed by atoms with E-state index in [9.17, 15) is 24.1 Å². The number of carboxylic acid groups (broad SMARTS) is 1. The summed E-state index contributed by atoms with van der Waals surface area (Å²) in [5, 5.41) is 19.7. The standard InChI is InChI=1S/C14H8FNO5/c15-11-6-5-8(7-12(11)16(20)21)13(17)9-3-1-2-4-10(9)14(18)19/h1-7H,(H,18,19). The van der Waals surface area contributed by atoms with Gasteiger partial charge in [0.05, 0.1) is 10.5 Å². The molecule has 2 aromatic rings. The summed E-state index contributed by atoms with van der Waals surface area (Å²) in [6.07, 6.45) is 0. The number of halogens is 1. The fraction of sp³-hybridized carbons (Fsp3) is 0. The van der Waals surface area contributed by atoms with E-state index in [1.54, 1.807) is 0 Å². The third-order valence-electron chi connectivity index (χ3n) is 2.81. The molecule has 1 N–H and O–H groups in total. The topological polar surface area (TPSA) is 97.5 Å². The Morgan fingerprint density at radius 2 is 1.71 bits per heavy atom. The van der Waals surface area contributed by atoms with Gasteiger partial charge in [-0.3, -0.25) is 14.9 Å². The molecule has 0 aliphatic carbocycles. The highest BCUT2D eigenvalue weighted by Gasteiger charge is 2.21. The van der Waals surface area contributed by atoms with Gasteiger partial charge in [-0.2, -0.15) is 4.39 Å². The van der Waals surface area contributed by atoms with Crippen molar-refractivity contribution in [3.63, 3.8) is 0 Å². The first kappa shape index (κ1) is 14.3. The van der Waals surface area contributed by atoms with Gasteiger partial charge in [-0.1, -0.05) is 18.2 Å². The van der Waals surface area contributed by atoms with Gasteiger partial charge in [-0.05, 0) is 18.2 Å². The lowest BCUT2D eigenvalue weighted by Gasteiger charge is -2.05. The normalized spacial score (nSPS) is 10.1. The van der Waals surface area contributed by atoms with Crippen LogP contribution in [0.5, 0.6) is 0 Å². The summed E-state index contributed by atoms with van der Waals surface area (Å²) in [4.78, 5) is 33.0. The fourth-order valence-corrected chi connectivity index (χ4v) is 1.82. The van der Waals surface area contributed by atoms with E-state index in [-0.39, 0.29) is 16.7 Å². The van der Waals surface area contributed by atoms with Crippen molar-refractivity contribution in [1.82, 2.24) is 0 Å². The van der Waals surface area contributed by atoms with Crippen LogP contribution in [0.25, 0.3) is 0 Å². The van der Waals surface area contributed by atoms with E-state index in [0.29, 0.717) is 0 Å². The predicted octanol–water partition coefficient (Wildman–Crippen LogP) is 2.66. The summed E-state index contributed by atoms with van der Waals surface area (Å²) < 4.78 is 13.2. The lowest BCUT2D eigenvalue weighted by atomic mass is 9.98. The minimum absolute atomic E-state index is 0.120. The minimum Gasteiger partial charge on any atom is -0.478 e. The molecule has 21 heavy (non-hydrogen) atoms. The molecule has 0 atom stereocenters. The number of ketones is 1. The summed E-state index contributed by atoms with van der Waals surface area (Å²) in [5.74, 6) is -3.09. The van der Waals surface area contributed by atoms with Crippen LogP contribution in [-0.4, -0.2) is 21.8 Å². The first-order valence-corrected chi connectivity index (χ1v) is 5.72. The van der Waals surface area contributed by atoms with Crippen LogP contribution in [0.3, 0.4) is 0 Å². The monoisotopic (exact) mass is 289 g/mol. The van der Waals surface area contributed by atoms with Crippen molar-refractivity contribution in [3.8, 4) is 0 Å². The van der Waals surface area contributed by atoms with Gasteiger partial charge in [-0.15, -0.1) is 0 Å². The minimum atomic E-state index is -1.30. The second-order valence-electron chi connectivity index (χ2n) is 4.10. The zero-order valence-electron chi connectivity index (χ0n) is 10.4. The molecular formula is C14H8FNO5. The number of hydrogen-bond donors (Lipinski definition) is 1. The van der Waals surface area contributed by atoms with Crippen LogP contribution in [0, 0.1) is 15.9 Å². The molecule has 0 amide bonds. The highest BCUT2D eigenvalue weighted by molar-refractivity contribution is 6.14. The molecule has 6 nitrogen and oxygen atoms in total. The molecule has 0 heterocycles. The van der Waals surface area contributed by atoms with E-state index in [1.807, 2.05) is 0 Å². The maximum absolute atomic E-state index is 13.2. The number of rotatable bonds is 4. The van der Waals surface area contributed by atoms with Gasteiger partial charge in [-0.25, -0.2) is 4.79 Å². The maximum Gasteiger partial charge on any atom is 0.336 e. The number of benzene rings is 2. The van der Waals surface area contributed by atoms with Gasteiger partial charge in [0.25, 0.3) is 0 Å². The second kappa shape index (κ2) is 5.49. The predicted molar refractivity (Wildman–Crippen MR) is 69.9 cm³/mol. The zero-order valence-corrected chi connectivity index (χ0v) is 10.4. The third-order valence-corrected chi connectivity index (χ3v) is 2.81. The van der Waals surface area contributed by atoms with Gasteiger partial charge in [0.1, 0.15) is 0 Å². The van der Waals surface area contributed by atoms with E-state index in [1.165, 1.54) is 24.3 Å². The molecule has 106 valence electrons. The number of nitrogens with zero attached hydrogens (tertiary/aromatic N) is 1. The van der Waals surface area contributed by atoms with Crippen LogP contribution in [0.2, 0.25) is 0 Å². The third kappa shape index (κ3) is 2.76. The van der Waals surface area contributed by atoms with Gasteiger partial charge in [0, 0.05) is 17.2 Å². The molecule has 0 aliphatic rings. The molecule has 2 aromatic carbocycles. The van der Waals surface area contributed by atoms with Crippen molar-refractivity contribution < 1.29 is 24.0 Å². The molecule has 0 aromatic heterocycles. The fourth-order valence-electron chi connectivity index (χ4n) is 1.82. The smallest absolute Gasteiger partial charge is 0.336 e. The Hall–Kier alpha value is -3.09. The van der Waals surface area contributed by atoms with Crippen molar-refractivity contribution in [2.24, 2.45) is 0 Å². The Morgan fingerprint density at radius 1 is 1.10 bits per heavy atom. The lowest BCUT2D eigenvalue weighted by molar-refractivity contribution is -0.387. The molecule has 0 spiro atoms. The van der Waals surface area contributed by atoms with Crippen LogP contribution < -0.4 is 0 Å². The van der Waals surface area contributed by atoms with Crippen molar-refractivity contribution in [2.75, 3.05) is 0 Å². The summed E-state index contributed by atoms with van der Waals surface area (Å²) in [7, 11) is 0. The zero-order chi connectivity index (χ0) is 15.6. The molecule has 0 unspecified atom stereocenters. The molecule has 0 radical (unpaired) electrons. The van der Waals surface area contributed by atoms with E-state index < -0.39 is 28.2 Å². The van der Waals surface area contributed by atoms with Gasteiger partial charge < -0.3 is 5.11 Å².